The van der Waals surface area contributed by atoms with Crippen LogP contribution in [0.5, 0.6) is 0 Å². The van der Waals surface area contributed by atoms with Crippen molar-refractivity contribution in [3.8, 4) is 0 Å². The number of hydrogen-bond acceptors (Lipinski definition) is 3. The molecule has 0 saturated carbocycles. The molecule has 1 N–H and O–H groups in total. The average Bonchev–Trinajstić information content (AvgIpc) is 2.69. The van der Waals surface area contributed by atoms with E-state index in [0.29, 0.717) is 0 Å². The highest BCUT2D eigenvalue weighted by Crippen LogP contribution is 2.16. The lowest BCUT2D eigenvalue weighted by molar-refractivity contribution is 0.598. The summed E-state index contributed by atoms with van der Waals surface area (Å²) >= 11 is 0. The van der Waals surface area contributed by atoms with E-state index >= 15 is 0 Å². The number of aromatic nitrogens is 3. The summed E-state index contributed by atoms with van der Waals surface area (Å²) < 4.78 is 1.84. The Morgan fingerprint density at radius 1 is 1.26 bits per heavy atom. The fourth-order valence-electron chi connectivity index (χ4n) is 2.36. The van der Waals surface area contributed by atoms with Crippen molar-refractivity contribution in [2.24, 2.45) is 7.05 Å². The van der Waals surface area contributed by atoms with Crippen molar-refractivity contribution in [3.05, 3.63) is 23.5 Å². The predicted octanol–water partition coefficient (Wildman–Crippen LogP) is 2.95. The van der Waals surface area contributed by atoms with Gasteiger partial charge >= 0.3 is 0 Å². The van der Waals surface area contributed by atoms with E-state index < -0.39 is 0 Å². The Balaban J connectivity index is 1.89. The molecule has 0 radical (unpaired) electrons. The highest BCUT2D eigenvalue weighted by molar-refractivity contribution is 5.78. The van der Waals surface area contributed by atoms with Crippen molar-refractivity contribution in [2.75, 3.05) is 6.54 Å². The van der Waals surface area contributed by atoms with Crippen LogP contribution in [0.3, 0.4) is 0 Å². The molecule has 0 aliphatic heterocycles. The van der Waals surface area contributed by atoms with E-state index in [2.05, 4.69) is 28.4 Å². The molecule has 0 fully saturated rings. The van der Waals surface area contributed by atoms with Gasteiger partial charge in [-0.15, -0.1) is 0 Å². The van der Waals surface area contributed by atoms with Crippen LogP contribution in [0.25, 0.3) is 11.0 Å². The van der Waals surface area contributed by atoms with Gasteiger partial charge in [0.1, 0.15) is 0 Å². The van der Waals surface area contributed by atoms with Gasteiger partial charge in [0, 0.05) is 25.2 Å². The Bertz CT molecular complexity index is 530. The zero-order valence-corrected chi connectivity index (χ0v) is 12.2. The maximum absolute atomic E-state index is 4.49. The van der Waals surface area contributed by atoms with Gasteiger partial charge < -0.3 is 5.32 Å². The van der Waals surface area contributed by atoms with E-state index in [1.165, 1.54) is 31.2 Å². The summed E-state index contributed by atoms with van der Waals surface area (Å²) in [5, 5.41) is 9.04. The maximum Gasteiger partial charge on any atom is 0.157 e. The van der Waals surface area contributed by atoms with Gasteiger partial charge in [0.05, 0.1) is 5.69 Å². The molecule has 0 amide bonds. The smallest absolute Gasteiger partial charge is 0.157 e. The number of aryl methyl sites for hydroxylation is 2. The van der Waals surface area contributed by atoms with Crippen LogP contribution in [-0.2, 0) is 13.6 Å². The Labute approximate surface area is 115 Å². The van der Waals surface area contributed by atoms with Gasteiger partial charge in [-0.1, -0.05) is 26.2 Å². The molecule has 0 spiro atoms. The number of unbranched alkanes of at least 4 members (excludes halogenated alkanes) is 3. The molecule has 4 nitrogen and oxygen atoms in total. The summed E-state index contributed by atoms with van der Waals surface area (Å²) in [6.07, 6.45) is 7.16. The zero-order valence-electron chi connectivity index (χ0n) is 12.2. The Kier molecular flexibility index (Phi) is 4.91. The quantitative estimate of drug-likeness (QED) is 0.778. The van der Waals surface area contributed by atoms with E-state index in [9.17, 15) is 0 Å². The molecule has 19 heavy (non-hydrogen) atoms. The second-order valence-electron chi connectivity index (χ2n) is 5.16. The zero-order chi connectivity index (χ0) is 13.7. The molecule has 0 saturated heterocycles. The van der Waals surface area contributed by atoms with Crippen LogP contribution in [0.1, 0.15) is 43.9 Å². The summed E-state index contributed by atoms with van der Waals surface area (Å²) in [7, 11) is 1.94. The van der Waals surface area contributed by atoms with Gasteiger partial charge in [0.2, 0.25) is 0 Å². The van der Waals surface area contributed by atoms with Gasteiger partial charge in [-0.05, 0) is 31.5 Å². The molecule has 0 atom stereocenters. The second-order valence-corrected chi connectivity index (χ2v) is 5.16. The maximum atomic E-state index is 4.49. The van der Waals surface area contributed by atoms with Crippen molar-refractivity contribution in [1.29, 1.82) is 0 Å². The van der Waals surface area contributed by atoms with Crippen LogP contribution in [0.4, 0.5) is 0 Å². The first-order chi connectivity index (χ1) is 9.22. The van der Waals surface area contributed by atoms with Gasteiger partial charge in [0.25, 0.3) is 0 Å². The number of rotatable bonds is 7. The van der Waals surface area contributed by atoms with Crippen molar-refractivity contribution in [3.63, 3.8) is 0 Å². The van der Waals surface area contributed by atoms with Gasteiger partial charge in [-0.2, -0.15) is 5.10 Å². The summed E-state index contributed by atoms with van der Waals surface area (Å²) in [5.74, 6) is 0. The second kappa shape index (κ2) is 6.66. The van der Waals surface area contributed by atoms with E-state index in [-0.39, 0.29) is 0 Å². The molecule has 0 aromatic carbocycles. The monoisotopic (exact) mass is 260 g/mol. The molecule has 2 aromatic heterocycles. The topological polar surface area (TPSA) is 42.7 Å². The minimum atomic E-state index is 0.892. The first kappa shape index (κ1) is 14.0. The fourth-order valence-corrected chi connectivity index (χ4v) is 2.36. The number of pyridine rings is 1. The van der Waals surface area contributed by atoms with Crippen molar-refractivity contribution in [2.45, 2.75) is 46.1 Å². The minimum Gasteiger partial charge on any atom is -0.313 e. The molecule has 0 bridgehead atoms. The Morgan fingerprint density at radius 3 is 2.89 bits per heavy atom. The standard InChI is InChI=1S/C15H24N4/c1-4-5-6-7-8-16-10-13-9-14-12(2)18-19(3)15(14)17-11-13/h9,11,16H,4-8,10H2,1-3H3. The molecular formula is C15H24N4. The normalized spacial score (nSPS) is 11.3. The van der Waals surface area contributed by atoms with E-state index in [0.717, 1.165) is 29.8 Å². The van der Waals surface area contributed by atoms with Gasteiger partial charge in [0.15, 0.2) is 5.65 Å². The summed E-state index contributed by atoms with van der Waals surface area (Å²) in [6, 6.07) is 2.20. The predicted molar refractivity (Wildman–Crippen MR) is 79.1 cm³/mol. The largest absolute Gasteiger partial charge is 0.313 e. The first-order valence-corrected chi connectivity index (χ1v) is 7.21. The third-order valence-corrected chi connectivity index (χ3v) is 3.46. The fraction of sp³-hybridized carbons (Fsp3) is 0.600. The summed E-state index contributed by atoms with van der Waals surface area (Å²) in [4.78, 5) is 4.49. The highest BCUT2D eigenvalue weighted by Gasteiger charge is 2.06. The van der Waals surface area contributed by atoms with Crippen molar-refractivity contribution >= 4 is 11.0 Å². The number of hydrogen-bond donors (Lipinski definition) is 1. The summed E-state index contributed by atoms with van der Waals surface area (Å²) in [5.41, 5.74) is 3.25. The van der Waals surface area contributed by atoms with Crippen molar-refractivity contribution in [1.82, 2.24) is 20.1 Å². The third-order valence-electron chi connectivity index (χ3n) is 3.46. The minimum absolute atomic E-state index is 0.892. The van der Waals surface area contributed by atoms with Gasteiger partial charge in [-0.3, -0.25) is 4.68 Å². The molecule has 0 aliphatic rings. The van der Waals surface area contributed by atoms with E-state index in [1.807, 2.05) is 24.9 Å². The van der Waals surface area contributed by atoms with Crippen LogP contribution in [-0.4, -0.2) is 21.3 Å². The van der Waals surface area contributed by atoms with Crippen molar-refractivity contribution < 1.29 is 0 Å². The molecule has 104 valence electrons. The molecule has 0 unspecified atom stereocenters. The third kappa shape index (κ3) is 3.53. The van der Waals surface area contributed by atoms with E-state index in [1.54, 1.807) is 0 Å². The first-order valence-electron chi connectivity index (χ1n) is 7.21. The summed E-state index contributed by atoms with van der Waals surface area (Å²) in [6.45, 7) is 6.25. The number of nitrogens with zero attached hydrogens (tertiary/aromatic N) is 3. The molecule has 0 aliphatic carbocycles. The molecule has 2 heterocycles. The van der Waals surface area contributed by atoms with Crippen LogP contribution >= 0.6 is 0 Å². The Hall–Kier alpha value is -1.42. The molecular weight excluding hydrogens is 236 g/mol. The lowest BCUT2D eigenvalue weighted by Crippen LogP contribution is -2.14. The van der Waals surface area contributed by atoms with Gasteiger partial charge in [-0.25, -0.2) is 4.98 Å². The molecule has 4 heteroatoms. The number of nitrogens with one attached hydrogen (secondary N) is 1. The lowest BCUT2D eigenvalue weighted by Gasteiger charge is -2.05. The lowest BCUT2D eigenvalue weighted by atomic mass is 10.2. The van der Waals surface area contributed by atoms with E-state index in [4.69, 9.17) is 0 Å². The average molecular weight is 260 g/mol. The highest BCUT2D eigenvalue weighted by atomic mass is 15.3. The van der Waals surface area contributed by atoms with Crippen LogP contribution in [0, 0.1) is 6.92 Å². The number of fused-ring (bicyclic) bond motifs is 1. The molecule has 2 aromatic rings. The van der Waals surface area contributed by atoms with Crippen LogP contribution < -0.4 is 5.32 Å². The SMILES string of the molecule is CCCCCCNCc1cnc2c(c1)c(C)nn2C. The molecule has 2 rings (SSSR count). The van der Waals surface area contributed by atoms with Crippen LogP contribution in [0.2, 0.25) is 0 Å². The van der Waals surface area contributed by atoms with Crippen LogP contribution in [0.15, 0.2) is 12.3 Å². The Morgan fingerprint density at radius 2 is 2.11 bits per heavy atom.